The Labute approximate surface area is 139 Å². The number of pyridine rings is 1. The minimum absolute atomic E-state index is 0.264. The van der Waals surface area contributed by atoms with Crippen LogP contribution in [0.3, 0.4) is 0 Å². The van der Waals surface area contributed by atoms with Crippen molar-refractivity contribution in [2.45, 2.75) is 17.6 Å². The Morgan fingerprint density at radius 1 is 1.09 bits per heavy atom. The zero-order valence-electron chi connectivity index (χ0n) is 12.9. The summed E-state index contributed by atoms with van der Waals surface area (Å²) in [5.41, 5.74) is 2.60. The van der Waals surface area contributed by atoms with Gasteiger partial charge in [-0.3, -0.25) is 4.98 Å². The molecule has 0 fully saturated rings. The molecule has 1 aromatic heterocycles. The first-order chi connectivity index (χ1) is 11.3. The highest BCUT2D eigenvalue weighted by Gasteiger charge is 2.12. The number of para-hydroxylation sites is 1. The van der Waals surface area contributed by atoms with Crippen molar-refractivity contribution in [1.29, 1.82) is 0 Å². The van der Waals surface area contributed by atoms with Gasteiger partial charge in [0.2, 0.25) is 0 Å². The van der Waals surface area contributed by atoms with Gasteiger partial charge in [-0.1, -0.05) is 36.4 Å². The highest BCUT2D eigenvalue weighted by molar-refractivity contribution is 7.98. The summed E-state index contributed by atoms with van der Waals surface area (Å²) in [6.45, 7) is 2.20. The summed E-state index contributed by atoms with van der Waals surface area (Å²) in [6, 6.07) is 17.7. The number of esters is 1. The molecule has 2 aromatic carbocycles. The molecule has 23 heavy (non-hydrogen) atoms. The number of hydrogen-bond donors (Lipinski definition) is 0. The SMILES string of the molecule is CCOC(=O)c1ccccc1CSc1cccc2cccnc12. The average molecular weight is 323 g/mol. The quantitative estimate of drug-likeness (QED) is 0.504. The van der Waals surface area contributed by atoms with E-state index < -0.39 is 0 Å². The Morgan fingerprint density at radius 3 is 2.78 bits per heavy atom. The van der Waals surface area contributed by atoms with Gasteiger partial charge < -0.3 is 4.74 Å². The lowest BCUT2D eigenvalue weighted by Gasteiger charge is -2.09. The van der Waals surface area contributed by atoms with Gasteiger partial charge in [0.15, 0.2) is 0 Å². The largest absolute Gasteiger partial charge is 0.462 e. The fourth-order valence-corrected chi connectivity index (χ4v) is 3.45. The first-order valence-corrected chi connectivity index (χ1v) is 8.49. The maximum absolute atomic E-state index is 12.0. The molecule has 0 aliphatic rings. The molecule has 4 heteroatoms. The van der Waals surface area contributed by atoms with Gasteiger partial charge >= 0.3 is 5.97 Å². The number of nitrogens with zero attached hydrogens (tertiary/aromatic N) is 1. The van der Waals surface area contributed by atoms with Crippen molar-refractivity contribution in [3.05, 3.63) is 71.9 Å². The molecule has 3 rings (SSSR count). The van der Waals surface area contributed by atoms with E-state index in [9.17, 15) is 4.79 Å². The zero-order valence-corrected chi connectivity index (χ0v) is 13.7. The number of thioether (sulfide) groups is 1. The van der Waals surface area contributed by atoms with Crippen LogP contribution in [0.5, 0.6) is 0 Å². The van der Waals surface area contributed by atoms with Gasteiger partial charge in [0, 0.05) is 22.2 Å². The second kappa shape index (κ2) is 7.29. The van der Waals surface area contributed by atoms with E-state index in [0.29, 0.717) is 17.9 Å². The maximum Gasteiger partial charge on any atom is 0.338 e. The number of rotatable bonds is 5. The molecule has 0 aliphatic carbocycles. The second-order valence-corrected chi connectivity index (χ2v) is 6.01. The molecule has 0 saturated carbocycles. The Balaban J connectivity index is 1.84. The molecular weight excluding hydrogens is 306 g/mol. The fraction of sp³-hybridized carbons (Fsp3) is 0.158. The van der Waals surface area contributed by atoms with Gasteiger partial charge in [0.25, 0.3) is 0 Å². The molecule has 3 nitrogen and oxygen atoms in total. The predicted molar refractivity (Wildman–Crippen MR) is 93.7 cm³/mol. The summed E-state index contributed by atoms with van der Waals surface area (Å²) in [7, 11) is 0. The fourth-order valence-electron chi connectivity index (χ4n) is 2.40. The lowest BCUT2D eigenvalue weighted by molar-refractivity contribution is 0.0525. The van der Waals surface area contributed by atoms with Crippen LogP contribution >= 0.6 is 11.8 Å². The third-order valence-electron chi connectivity index (χ3n) is 3.49. The van der Waals surface area contributed by atoms with Crippen LogP contribution in [-0.4, -0.2) is 17.6 Å². The maximum atomic E-state index is 12.0. The Hall–Kier alpha value is -2.33. The van der Waals surface area contributed by atoms with Crippen LogP contribution < -0.4 is 0 Å². The molecule has 0 atom stereocenters. The van der Waals surface area contributed by atoms with Crippen LogP contribution in [0.2, 0.25) is 0 Å². The summed E-state index contributed by atoms with van der Waals surface area (Å²) in [5, 5.41) is 1.12. The van der Waals surface area contributed by atoms with Gasteiger partial charge in [-0.2, -0.15) is 0 Å². The number of benzene rings is 2. The van der Waals surface area contributed by atoms with E-state index in [4.69, 9.17) is 4.74 Å². The van der Waals surface area contributed by atoms with E-state index in [-0.39, 0.29) is 5.97 Å². The second-order valence-electron chi connectivity index (χ2n) is 5.00. The smallest absolute Gasteiger partial charge is 0.338 e. The number of fused-ring (bicyclic) bond motifs is 1. The molecular formula is C19H17NO2S. The van der Waals surface area contributed by atoms with Crippen molar-refractivity contribution in [2.24, 2.45) is 0 Å². The molecule has 1 heterocycles. The van der Waals surface area contributed by atoms with Gasteiger partial charge in [-0.15, -0.1) is 11.8 Å². The summed E-state index contributed by atoms with van der Waals surface area (Å²) in [6.07, 6.45) is 1.80. The molecule has 0 bridgehead atoms. The lowest BCUT2D eigenvalue weighted by Crippen LogP contribution is -2.07. The van der Waals surface area contributed by atoms with Crippen molar-refractivity contribution < 1.29 is 9.53 Å². The molecule has 0 unspecified atom stereocenters. The van der Waals surface area contributed by atoms with Crippen LogP contribution in [0.1, 0.15) is 22.8 Å². The van der Waals surface area contributed by atoms with Crippen LogP contribution in [-0.2, 0) is 10.5 Å². The van der Waals surface area contributed by atoms with Crippen LogP contribution in [0, 0.1) is 0 Å². The van der Waals surface area contributed by atoms with Crippen molar-refractivity contribution in [1.82, 2.24) is 4.98 Å². The topological polar surface area (TPSA) is 39.2 Å². The van der Waals surface area contributed by atoms with Crippen molar-refractivity contribution in [2.75, 3.05) is 6.61 Å². The monoisotopic (exact) mass is 323 g/mol. The number of aromatic nitrogens is 1. The Bertz CT molecular complexity index is 827. The van der Waals surface area contributed by atoms with Crippen LogP contribution in [0.15, 0.2) is 65.7 Å². The first kappa shape index (κ1) is 15.6. The standard InChI is InChI=1S/C19H17NO2S/c1-2-22-19(21)16-10-4-3-7-15(16)13-23-17-11-5-8-14-9-6-12-20-18(14)17/h3-12H,2,13H2,1H3. The number of ether oxygens (including phenoxy) is 1. The Morgan fingerprint density at radius 2 is 1.91 bits per heavy atom. The van der Waals surface area contributed by atoms with Gasteiger partial charge in [-0.05, 0) is 30.7 Å². The third kappa shape index (κ3) is 3.54. The number of carbonyl (C=O) groups is 1. The summed E-state index contributed by atoms with van der Waals surface area (Å²) < 4.78 is 5.13. The molecule has 0 radical (unpaired) electrons. The van der Waals surface area contributed by atoms with Gasteiger partial charge in [0.1, 0.15) is 0 Å². The third-order valence-corrected chi connectivity index (χ3v) is 4.59. The molecule has 3 aromatic rings. The van der Waals surface area contributed by atoms with E-state index in [1.807, 2.05) is 43.3 Å². The molecule has 0 saturated heterocycles. The Kier molecular flexibility index (Phi) is 4.93. The summed E-state index contributed by atoms with van der Waals surface area (Å²) in [5.74, 6) is 0.435. The normalized spacial score (nSPS) is 10.7. The van der Waals surface area contributed by atoms with E-state index in [0.717, 1.165) is 21.4 Å². The van der Waals surface area contributed by atoms with E-state index in [1.54, 1.807) is 18.0 Å². The summed E-state index contributed by atoms with van der Waals surface area (Å²) >= 11 is 1.68. The highest BCUT2D eigenvalue weighted by Crippen LogP contribution is 2.29. The van der Waals surface area contributed by atoms with Crippen molar-refractivity contribution in [3.63, 3.8) is 0 Å². The predicted octanol–water partition coefficient (Wildman–Crippen LogP) is 4.70. The van der Waals surface area contributed by atoms with Gasteiger partial charge in [0.05, 0.1) is 17.7 Å². The minimum atomic E-state index is -0.264. The molecule has 0 N–H and O–H groups in total. The molecule has 116 valence electrons. The van der Waals surface area contributed by atoms with Crippen molar-refractivity contribution >= 4 is 28.6 Å². The number of hydrogen-bond acceptors (Lipinski definition) is 4. The minimum Gasteiger partial charge on any atom is -0.462 e. The van der Waals surface area contributed by atoms with Crippen LogP contribution in [0.4, 0.5) is 0 Å². The van der Waals surface area contributed by atoms with Crippen molar-refractivity contribution in [3.8, 4) is 0 Å². The number of carbonyl (C=O) groups excluding carboxylic acids is 1. The highest BCUT2D eigenvalue weighted by atomic mass is 32.2. The average Bonchev–Trinajstić information content (AvgIpc) is 2.60. The molecule has 0 aliphatic heterocycles. The molecule has 0 amide bonds. The van der Waals surface area contributed by atoms with Crippen LogP contribution in [0.25, 0.3) is 10.9 Å². The van der Waals surface area contributed by atoms with Gasteiger partial charge in [-0.25, -0.2) is 4.79 Å². The molecule has 0 spiro atoms. The van der Waals surface area contributed by atoms with E-state index in [1.165, 1.54) is 0 Å². The zero-order chi connectivity index (χ0) is 16.1. The first-order valence-electron chi connectivity index (χ1n) is 7.51. The van der Waals surface area contributed by atoms with E-state index >= 15 is 0 Å². The van der Waals surface area contributed by atoms with E-state index in [2.05, 4.69) is 23.2 Å². The lowest BCUT2D eigenvalue weighted by atomic mass is 10.1. The summed E-state index contributed by atoms with van der Waals surface area (Å²) in [4.78, 5) is 17.6.